The molecule has 5 saturated carbocycles. The standard InChI is InChI=1S/C42H70N6O7S/c1-27(2)32-20-25-47(34(32)37(50)44-33(19-14-29-12-13-29)35(49)38(51)43-30-15-16-30)39(52)36(41(5)21-8-6-9-22-41)45-40(53)46-42(23-10-7-11-24-42)26-56(54,55)48(28(3)4)31-17-18-31/h27-34,36H,6-26H2,1-5H3,(H,43,51)(H,44,50)(H2,45,46,53)/t32-,33+,34+,36-/m1/s1. The van der Waals surface area contributed by atoms with Crippen molar-refractivity contribution in [2.45, 2.75) is 198 Å². The number of carbonyl (C=O) groups is 5. The van der Waals surface area contributed by atoms with Crippen LogP contribution in [0.15, 0.2) is 0 Å². The third-order valence-electron chi connectivity index (χ3n) is 13.8. The van der Waals surface area contributed by atoms with E-state index in [0.717, 1.165) is 96.3 Å². The predicted octanol–water partition coefficient (Wildman–Crippen LogP) is 4.93. The maximum atomic E-state index is 15.1. The average Bonchev–Trinajstić information content (AvgIpc) is 4.02. The lowest BCUT2D eigenvalue weighted by Crippen LogP contribution is -2.65. The van der Waals surface area contributed by atoms with Gasteiger partial charge in [0.25, 0.3) is 5.91 Å². The van der Waals surface area contributed by atoms with E-state index in [-0.39, 0.29) is 41.6 Å². The van der Waals surface area contributed by atoms with Crippen molar-refractivity contribution in [2.75, 3.05) is 12.3 Å². The van der Waals surface area contributed by atoms with Gasteiger partial charge in [0.15, 0.2) is 0 Å². The molecular formula is C42H70N6O7S. The van der Waals surface area contributed by atoms with Crippen LogP contribution in [0.2, 0.25) is 0 Å². The molecule has 6 fully saturated rings. The minimum atomic E-state index is -3.69. The number of carbonyl (C=O) groups excluding carboxylic acids is 5. The van der Waals surface area contributed by atoms with Gasteiger partial charge in [0.1, 0.15) is 12.1 Å². The second kappa shape index (κ2) is 17.6. The summed E-state index contributed by atoms with van der Waals surface area (Å²) in [6.07, 6.45) is 15.2. The molecule has 0 aromatic rings. The molecule has 13 nitrogen and oxygen atoms in total. The number of hydrogen-bond donors (Lipinski definition) is 4. The molecule has 1 heterocycles. The molecule has 56 heavy (non-hydrogen) atoms. The van der Waals surface area contributed by atoms with Gasteiger partial charge in [-0.25, -0.2) is 13.2 Å². The van der Waals surface area contributed by atoms with E-state index in [1.807, 2.05) is 34.6 Å². The Hall–Kier alpha value is -2.74. The average molecular weight is 803 g/mol. The molecule has 0 radical (unpaired) electrons. The summed E-state index contributed by atoms with van der Waals surface area (Å²) < 4.78 is 29.6. The van der Waals surface area contributed by atoms with E-state index in [1.165, 1.54) is 0 Å². The van der Waals surface area contributed by atoms with Crippen LogP contribution in [0.4, 0.5) is 4.79 Å². The van der Waals surface area contributed by atoms with Crippen molar-refractivity contribution in [3.05, 3.63) is 0 Å². The van der Waals surface area contributed by atoms with E-state index < -0.39 is 62.7 Å². The highest BCUT2D eigenvalue weighted by atomic mass is 32.2. The molecule has 0 aromatic heterocycles. The molecule has 6 aliphatic rings. The maximum absolute atomic E-state index is 15.1. The fraction of sp³-hybridized carbons (Fsp3) is 0.881. The van der Waals surface area contributed by atoms with Gasteiger partial charge in [0.2, 0.25) is 27.6 Å². The van der Waals surface area contributed by atoms with Crippen molar-refractivity contribution < 1.29 is 32.4 Å². The smallest absolute Gasteiger partial charge is 0.315 e. The number of hydrogen-bond acceptors (Lipinski definition) is 7. The lowest BCUT2D eigenvalue weighted by molar-refractivity contribution is -0.145. The largest absolute Gasteiger partial charge is 0.347 e. The van der Waals surface area contributed by atoms with Gasteiger partial charge < -0.3 is 26.2 Å². The number of urea groups is 1. The van der Waals surface area contributed by atoms with Crippen LogP contribution in [-0.4, -0.2) is 101 Å². The summed E-state index contributed by atoms with van der Waals surface area (Å²) >= 11 is 0. The van der Waals surface area contributed by atoms with Gasteiger partial charge in [-0.1, -0.05) is 72.1 Å². The van der Waals surface area contributed by atoms with Crippen LogP contribution in [0, 0.1) is 23.2 Å². The normalized spacial score (nSPS) is 26.1. The van der Waals surface area contributed by atoms with Crippen molar-refractivity contribution in [3.8, 4) is 0 Å². The van der Waals surface area contributed by atoms with Gasteiger partial charge in [-0.15, -0.1) is 0 Å². The van der Waals surface area contributed by atoms with Crippen LogP contribution in [0.3, 0.4) is 0 Å². The zero-order valence-electron chi connectivity index (χ0n) is 34.7. The first-order valence-corrected chi connectivity index (χ1v) is 23.7. The Morgan fingerprint density at radius 1 is 0.804 bits per heavy atom. The molecule has 5 amide bonds. The lowest BCUT2D eigenvalue weighted by Gasteiger charge is -2.44. The van der Waals surface area contributed by atoms with E-state index in [1.54, 1.807) is 9.21 Å². The molecule has 5 aliphatic carbocycles. The van der Waals surface area contributed by atoms with E-state index in [4.69, 9.17) is 0 Å². The highest BCUT2D eigenvalue weighted by Gasteiger charge is 2.51. The molecule has 316 valence electrons. The third-order valence-corrected chi connectivity index (χ3v) is 16.1. The number of likely N-dealkylation sites (tertiary alicyclic amines) is 1. The summed E-state index contributed by atoms with van der Waals surface area (Å²) in [5.41, 5.74) is -1.55. The molecule has 1 aliphatic heterocycles. The summed E-state index contributed by atoms with van der Waals surface area (Å²) in [5.74, 6) is -1.88. The zero-order valence-corrected chi connectivity index (χ0v) is 35.5. The second-order valence-electron chi connectivity index (χ2n) is 19.4. The molecule has 6 rings (SSSR count). The zero-order chi connectivity index (χ0) is 40.4. The highest BCUT2D eigenvalue weighted by Crippen LogP contribution is 2.42. The summed E-state index contributed by atoms with van der Waals surface area (Å²) in [6.45, 7) is 10.2. The Labute approximate surface area is 335 Å². The van der Waals surface area contributed by atoms with E-state index in [9.17, 15) is 27.6 Å². The first kappa shape index (κ1) is 42.9. The van der Waals surface area contributed by atoms with Gasteiger partial charge >= 0.3 is 6.03 Å². The maximum Gasteiger partial charge on any atom is 0.315 e. The van der Waals surface area contributed by atoms with E-state index in [0.29, 0.717) is 38.1 Å². The first-order chi connectivity index (χ1) is 26.5. The molecule has 0 bridgehead atoms. The van der Waals surface area contributed by atoms with Crippen LogP contribution in [0.5, 0.6) is 0 Å². The number of Topliss-reactive ketones (excluding diaryl/α,β-unsaturated/α-hetero) is 1. The predicted molar refractivity (Wildman–Crippen MR) is 215 cm³/mol. The van der Waals surface area contributed by atoms with Crippen molar-refractivity contribution in [1.82, 2.24) is 30.5 Å². The van der Waals surface area contributed by atoms with Crippen molar-refractivity contribution in [3.63, 3.8) is 0 Å². The van der Waals surface area contributed by atoms with Crippen LogP contribution in [-0.2, 0) is 29.2 Å². The number of ketones is 1. The summed E-state index contributed by atoms with van der Waals surface area (Å²) in [6, 6.07) is -3.51. The van der Waals surface area contributed by atoms with Gasteiger partial charge in [-0.2, -0.15) is 4.31 Å². The molecular weight excluding hydrogens is 733 g/mol. The molecule has 14 heteroatoms. The number of amides is 5. The minimum absolute atomic E-state index is 0.00878. The third kappa shape index (κ3) is 10.5. The number of rotatable bonds is 18. The topological polar surface area (TPSA) is 174 Å². The van der Waals surface area contributed by atoms with Crippen LogP contribution in [0.25, 0.3) is 0 Å². The summed E-state index contributed by atoms with van der Waals surface area (Å²) in [7, 11) is -3.69. The van der Waals surface area contributed by atoms with E-state index in [2.05, 4.69) is 21.3 Å². The lowest BCUT2D eigenvalue weighted by atomic mass is 9.70. The number of sulfonamides is 1. The minimum Gasteiger partial charge on any atom is -0.347 e. The molecule has 4 atom stereocenters. The summed E-state index contributed by atoms with van der Waals surface area (Å²) in [4.78, 5) is 71.8. The summed E-state index contributed by atoms with van der Waals surface area (Å²) in [5, 5.41) is 12.0. The highest BCUT2D eigenvalue weighted by molar-refractivity contribution is 7.89. The fourth-order valence-electron chi connectivity index (χ4n) is 10.1. The van der Waals surface area contributed by atoms with Crippen molar-refractivity contribution in [2.24, 2.45) is 23.2 Å². The van der Waals surface area contributed by atoms with E-state index >= 15 is 4.79 Å². The monoisotopic (exact) mass is 803 g/mol. The number of nitrogens with zero attached hydrogens (tertiary/aromatic N) is 2. The molecule has 0 spiro atoms. The van der Waals surface area contributed by atoms with Gasteiger partial charge in [0, 0.05) is 24.7 Å². The van der Waals surface area contributed by atoms with Gasteiger partial charge in [0.05, 0.1) is 17.3 Å². The second-order valence-corrected chi connectivity index (χ2v) is 21.2. The Bertz CT molecular complexity index is 1560. The molecule has 0 unspecified atom stereocenters. The van der Waals surface area contributed by atoms with Crippen LogP contribution < -0.4 is 21.3 Å². The SMILES string of the molecule is CC(C)[C@H]1CCN(C(=O)[C@@H](NC(=O)NC2(CS(=O)(=O)N(C(C)C)C3CC3)CCCCC2)C2(C)CCCCC2)[C@@H]1C(=O)N[C@@H](CCC1CC1)C(=O)C(=O)NC1CC1. The van der Waals surface area contributed by atoms with Gasteiger partial charge in [-0.05, 0) is 108 Å². The van der Waals surface area contributed by atoms with Crippen molar-refractivity contribution >= 4 is 39.6 Å². The first-order valence-electron chi connectivity index (χ1n) is 22.1. The Morgan fingerprint density at radius 2 is 1.43 bits per heavy atom. The molecule has 0 aromatic carbocycles. The number of nitrogens with one attached hydrogen (secondary N) is 4. The Morgan fingerprint density at radius 3 is 1.98 bits per heavy atom. The Kier molecular flexibility index (Phi) is 13.5. The Balaban J connectivity index is 1.23. The van der Waals surface area contributed by atoms with Crippen LogP contribution in [0.1, 0.15) is 157 Å². The van der Waals surface area contributed by atoms with Gasteiger partial charge in [-0.3, -0.25) is 19.2 Å². The quantitative estimate of drug-likeness (QED) is 0.142. The van der Waals surface area contributed by atoms with Crippen LogP contribution >= 0.6 is 0 Å². The fourth-order valence-corrected chi connectivity index (χ4v) is 12.6. The van der Waals surface area contributed by atoms with Crippen molar-refractivity contribution in [1.29, 1.82) is 0 Å². The molecule has 4 N–H and O–H groups in total. The molecule has 1 saturated heterocycles.